The Morgan fingerprint density at radius 2 is 0.714 bits per heavy atom. The number of hydrogen-bond acceptors (Lipinski definition) is 1. The lowest BCUT2D eigenvalue weighted by Gasteiger charge is -2.33. The van der Waals surface area contributed by atoms with Crippen LogP contribution in [0.3, 0.4) is 0 Å². The molecular weight excluding hydrogens is 340 g/mol. The average Bonchev–Trinajstić information content (AvgIpc) is 2.80. The van der Waals surface area contributed by atoms with Gasteiger partial charge in [0.25, 0.3) is 0 Å². The molecule has 3 aromatic rings. The van der Waals surface area contributed by atoms with Crippen molar-refractivity contribution in [2.75, 3.05) is 0 Å². The quantitative estimate of drug-likeness (QED) is 0.427. The molecule has 150 valence electrons. The summed E-state index contributed by atoms with van der Waals surface area (Å²) >= 11 is 0. The summed E-state index contributed by atoms with van der Waals surface area (Å²) in [5, 5.41) is 0. The number of ketones is 1. The standard InChI is InChI=1S/C21H18O.3C2H6/c1-17(22)21(18-11-5-2-6-12-18,19-13-7-3-8-14-19)20-15-9-4-10-16-20;3*1-2/h2-16H,1H3;3*1-2H3. The van der Waals surface area contributed by atoms with Gasteiger partial charge in [0.1, 0.15) is 11.2 Å². The SMILES string of the molecule is CC.CC.CC.CC(=O)C(c1ccccc1)(c1ccccc1)c1ccccc1. The lowest BCUT2D eigenvalue weighted by molar-refractivity contribution is -0.119. The molecule has 0 aliphatic carbocycles. The van der Waals surface area contributed by atoms with Crippen molar-refractivity contribution in [3.8, 4) is 0 Å². The van der Waals surface area contributed by atoms with E-state index in [1.54, 1.807) is 6.92 Å². The summed E-state index contributed by atoms with van der Waals surface area (Å²) in [6.07, 6.45) is 0. The Kier molecular flexibility index (Phi) is 13.0. The van der Waals surface area contributed by atoms with Gasteiger partial charge in [0, 0.05) is 0 Å². The van der Waals surface area contributed by atoms with E-state index in [2.05, 4.69) is 0 Å². The van der Waals surface area contributed by atoms with E-state index < -0.39 is 5.41 Å². The van der Waals surface area contributed by atoms with E-state index >= 15 is 0 Å². The predicted octanol–water partition coefficient (Wildman–Crippen LogP) is 7.69. The Balaban J connectivity index is 0.00000111. The number of benzene rings is 3. The lowest BCUT2D eigenvalue weighted by atomic mass is 9.67. The topological polar surface area (TPSA) is 17.1 Å². The van der Waals surface area contributed by atoms with E-state index in [0.29, 0.717) is 0 Å². The van der Waals surface area contributed by atoms with Crippen molar-refractivity contribution >= 4 is 5.78 Å². The third-order valence-electron chi connectivity index (χ3n) is 4.15. The van der Waals surface area contributed by atoms with Crippen molar-refractivity contribution in [2.24, 2.45) is 0 Å². The minimum absolute atomic E-state index is 0.121. The van der Waals surface area contributed by atoms with Gasteiger partial charge in [0.2, 0.25) is 0 Å². The normalized spacial score (nSPS) is 9.39. The Morgan fingerprint density at radius 1 is 0.500 bits per heavy atom. The molecule has 0 saturated carbocycles. The van der Waals surface area contributed by atoms with Gasteiger partial charge in [-0.2, -0.15) is 0 Å². The average molecular weight is 377 g/mol. The first-order valence-electron chi connectivity index (χ1n) is 10.4. The number of carbonyl (C=O) groups excluding carboxylic acids is 1. The molecule has 3 rings (SSSR count). The first kappa shape index (κ1) is 25.3. The minimum atomic E-state index is -0.760. The second-order valence-electron chi connectivity index (χ2n) is 5.40. The molecule has 0 atom stereocenters. The molecule has 0 N–H and O–H groups in total. The third-order valence-corrected chi connectivity index (χ3v) is 4.15. The van der Waals surface area contributed by atoms with Gasteiger partial charge in [0.15, 0.2) is 0 Å². The van der Waals surface area contributed by atoms with E-state index in [1.807, 2.05) is 133 Å². The second kappa shape index (κ2) is 14.4. The van der Waals surface area contributed by atoms with Crippen LogP contribution in [0.4, 0.5) is 0 Å². The maximum absolute atomic E-state index is 12.9. The van der Waals surface area contributed by atoms with E-state index in [-0.39, 0.29) is 5.78 Å². The van der Waals surface area contributed by atoms with Crippen molar-refractivity contribution in [1.29, 1.82) is 0 Å². The van der Waals surface area contributed by atoms with Crippen molar-refractivity contribution in [3.05, 3.63) is 108 Å². The first-order chi connectivity index (χ1) is 13.8. The summed E-state index contributed by atoms with van der Waals surface area (Å²) in [5.74, 6) is 0.121. The monoisotopic (exact) mass is 376 g/mol. The van der Waals surface area contributed by atoms with Crippen molar-refractivity contribution in [1.82, 2.24) is 0 Å². The largest absolute Gasteiger partial charge is 0.298 e. The fraction of sp³-hybridized carbons (Fsp3) is 0.296. The summed E-state index contributed by atoms with van der Waals surface area (Å²) in [6, 6.07) is 30.0. The highest BCUT2D eigenvalue weighted by Crippen LogP contribution is 2.39. The Hall–Kier alpha value is -2.67. The van der Waals surface area contributed by atoms with Crippen molar-refractivity contribution in [3.63, 3.8) is 0 Å². The van der Waals surface area contributed by atoms with Crippen LogP contribution in [0.25, 0.3) is 0 Å². The fourth-order valence-corrected chi connectivity index (χ4v) is 3.17. The number of Topliss-reactive ketones (excluding diaryl/α,β-unsaturated/α-hetero) is 1. The van der Waals surface area contributed by atoms with E-state index in [9.17, 15) is 4.79 Å². The fourth-order valence-electron chi connectivity index (χ4n) is 3.17. The highest BCUT2D eigenvalue weighted by Gasteiger charge is 2.40. The Labute approximate surface area is 172 Å². The zero-order valence-corrected chi connectivity index (χ0v) is 18.6. The molecule has 3 aromatic carbocycles. The summed E-state index contributed by atoms with van der Waals surface area (Å²) in [6.45, 7) is 13.7. The molecule has 0 aromatic heterocycles. The molecule has 0 aliphatic rings. The molecule has 1 nitrogen and oxygen atoms in total. The second-order valence-corrected chi connectivity index (χ2v) is 5.40. The lowest BCUT2D eigenvalue weighted by Crippen LogP contribution is -2.36. The maximum Gasteiger partial charge on any atom is 0.149 e. The zero-order chi connectivity index (χ0) is 21.4. The molecule has 0 radical (unpaired) electrons. The Bertz CT molecular complexity index is 649. The van der Waals surface area contributed by atoms with Gasteiger partial charge < -0.3 is 0 Å². The molecule has 0 amide bonds. The summed E-state index contributed by atoms with van der Waals surface area (Å²) in [7, 11) is 0. The van der Waals surface area contributed by atoms with Gasteiger partial charge in [-0.15, -0.1) is 0 Å². The van der Waals surface area contributed by atoms with Gasteiger partial charge in [0.05, 0.1) is 0 Å². The van der Waals surface area contributed by atoms with Gasteiger partial charge in [-0.1, -0.05) is 133 Å². The van der Waals surface area contributed by atoms with Crippen LogP contribution in [-0.2, 0) is 10.2 Å². The van der Waals surface area contributed by atoms with Crippen LogP contribution in [0.5, 0.6) is 0 Å². The van der Waals surface area contributed by atoms with E-state index in [0.717, 1.165) is 16.7 Å². The van der Waals surface area contributed by atoms with Crippen LogP contribution in [0.15, 0.2) is 91.0 Å². The van der Waals surface area contributed by atoms with Gasteiger partial charge in [-0.3, -0.25) is 4.79 Å². The molecule has 0 fully saturated rings. The molecule has 0 saturated heterocycles. The molecule has 0 unspecified atom stereocenters. The van der Waals surface area contributed by atoms with Crippen LogP contribution < -0.4 is 0 Å². The van der Waals surface area contributed by atoms with E-state index in [4.69, 9.17) is 0 Å². The molecule has 1 heteroatoms. The summed E-state index contributed by atoms with van der Waals surface area (Å²) in [5.41, 5.74) is 2.24. The number of hydrogen-bond donors (Lipinski definition) is 0. The number of rotatable bonds is 4. The van der Waals surface area contributed by atoms with Crippen LogP contribution in [0, 0.1) is 0 Å². The highest BCUT2D eigenvalue weighted by molar-refractivity contribution is 5.96. The highest BCUT2D eigenvalue weighted by atomic mass is 16.1. The zero-order valence-electron chi connectivity index (χ0n) is 18.6. The van der Waals surface area contributed by atoms with Crippen molar-refractivity contribution in [2.45, 2.75) is 53.9 Å². The van der Waals surface area contributed by atoms with Gasteiger partial charge >= 0.3 is 0 Å². The smallest absolute Gasteiger partial charge is 0.149 e. The van der Waals surface area contributed by atoms with Crippen molar-refractivity contribution < 1.29 is 4.79 Å². The molecule has 28 heavy (non-hydrogen) atoms. The van der Waals surface area contributed by atoms with Crippen LogP contribution in [-0.4, -0.2) is 5.78 Å². The van der Waals surface area contributed by atoms with Crippen LogP contribution >= 0.6 is 0 Å². The van der Waals surface area contributed by atoms with Crippen LogP contribution in [0.2, 0.25) is 0 Å². The van der Waals surface area contributed by atoms with Crippen LogP contribution in [0.1, 0.15) is 65.2 Å². The molecule has 0 bridgehead atoms. The minimum Gasteiger partial charge on any atom is -0.298 e. The van der Waals surface area contributed by atoms with Gasteiger partial charge in [-0.25, -0.2) is 0 Å². The molecular formula is C27H36O. The maximum atomic E-state index is 12.9. The Morgan fingerprint density at radius 3 is 0.893 bits per heavy atom. The van der Waals surface area contributed by atoms with E-state index in [1.165, 1.54) is 0 Å². The molecule has 0 aliphatic heterocycles. The predicted molar refractivity (Wildman–Crippen MR) is 124 cm³/mol. The molecule has 0 spiro atoms. The summed E-state index contributed by atoms with van der Waals surface area (Å²) < 4.78 is 0. The third kappa shape index (κ3) is 5.66. The van der Waals surface area contributed by atoms with Gasteiger partial charge in [-0.05, 0) is 23.6 Å². The summed E-state index contributed by atoms with van der Waals surface area (Å²) in [4.78, 5) is 12.9. The number of carbonyl (C=O) groups is 1. The first-order valence-corrected chi connectivity index (χ1v) is 10.4. The molecule has 0 heterocycles.